The maximum atomic E-state index is 11.7. The summed E-state index contributed by atoms with van der Waals surface area (Å²) in [5.74, 6) is 0. The van der Waals surface area contributed by atoms with Crippen LogP contribution >= 0.6 is 0 Å². The molecule has 1 aromatic carbocycles. The van der Waals surface area contributed by atoms with Crippen LogP contribution in [-0.4, -0.2) is 49.8 Å². The van der Waals surface area contributed by atoms with E-state index in [2.05, 4.69) is 0 Å². The Kier molecular flexibility index (Phi) is 5.28. The number of aliphatic hydroxyl groups excluding tert-OH is 1. The molecule has 0 saturated heterocycles. The number of hydrogen-bond acceptors (Lipinski definition) is 3. The van der Waals surface area contributed by atoms with E-state index in [1.165, 1.54) is 25.4 Å². The molecule has 0 heterocycles. The monoisotopic (exact) mass is 272 g/mol. The molecule has 0 aliphatic heterocycles. The van der Waals surface area contributed by atoms with Crippen molar-refractivity contribution in [3.8, 4) is 0 Å². The third-order valence-electron chi connectivity index (χ3n) is 2.76. The van der Waals surface area contributed by atoms with Gasteiger partial charge in [0.25, 0.3) is 10.2 Å². The van der Waals surface area contributed by atoms with Gasteiger partial charge >= 0.3 is 0 Å². The van der Waals surface area contributed by atoms with Crippen LogP contribution in [0.4, 0.5) is 0 Å². The smallest absolute Gasteiger partial charge is 0.281 e. The fourth-order valence-electron chi connectivity index (χ4n) is 1.54. The van der Waals surface area contributed by atoms with Crippen LogP contribution in [0.1, 0.15) is 18.1 Å². The van der Waals surface area contributed by atoms with Crippen molar-refractivity contribution in [2.75, 3.05) is 27.7 Å². The van der Waals surface area contributed by atoms with Crippen LogP contribution in [0.2, 0.25) is 0 Å². The quantitative estimate of drug-likeness (QED) is 0.835. The molecule has 0 saturated carbocycles. The van der Waals surface area contributed by atoms with Gasteiger partial charge in [0.1, 0.15) is 0 Å². The van der Waals surface area contributed by atoms with E-state index >= 15 is 0 Å². The van der Waals surface area contributed by atoms with Gasteiger partial charge in [-0.1, -0.05) is 30.3 Å². The van der Waals surface area contributed by atoms with Gasteiger partial charge in [-0.05, 0) is 12.0 Å². The number of aliphatic hydroxyl groups is 1. The first-order valence-electron chi connectivity index (χ1n) is 5.72. The predicted octanol–water partition coefficient (Wildman–Crippen LogP) is 0.848. The molecule has 0 aliphatic rings. The van der Waals surface area contributed by atoms with E-state index < -0.39 is 16.3 Å². The van der Waals surface area contributed by atoms with Crippen LogP contribution in [0, 0.1) is 0 Å². The summed E-state index contributed by atoms with van der Waals surface area (Å²) in [6.07, 6.45) is -0.279. The Hall–Kier alpha value is -0.950. The average molecular weight is 272 g/mol. The lowest BCUT2D eigenvalue weighted by Crippen LogP contribution is -2.38. The number of nitrogens with zero attached hydrogens (tertiary/aromatic N) is 2. The maximum absolute atomic E-state index is 11.7. The van der Waals surface area contributed by atoms with Gasteiger partial charge in [-0.2, -0.15) is 17.0 Å². The lowest BCUT2D eigenvalue weighted by Gasteiger charge is -2.22. The Morgan fingerprint density at radius 3 is 2.22 bits per heavy atom. The second-order valence-corrected chi connectivity index (χ2v) is 6.58. The van der Waals surface area contributed by atoms with E-state index in [1.54, 1.807) is 0 Å². The minimum atomic E-state index is -3.40. The molecule has 1 atom stereocenters. The Balaban J connectivity index is 2.56. The van der Waals surface area contributed by atoms with Gasteiger partial charge in [-0.3, -0.25) is 0 Å². The molecule has 1 N–H and O–H groups in total. The van der Waals surface area contributed by atoms with Crippen molar-refractivity contribution in [3.05, 3.63) is 35.9 Å². The Bertz CT molecular complexity index is 459. The predicted molar refractivity (Wildman–Crippen MR) is 71.3 cm³/mol. The highest BCUT2D eigenvalue weighted by molar-refractivity contribution is 7.86. The Morgan fingerprint density at radius 1 is 1.17 bits per heavy atom. The summed E-state index contributed by atoms with van der Waals surface area (Å²) in [6.45, 7) is 0.274. The molecular weight excluding hydrogens is 252 g/mol. The summed E-state index contributed by atoms with van der Waals surface area (Å²) < 4.78 is 25.9. The lowest BCUT2D eigenvalue weighted by atomic mass is 10.1. The third-order valence-corrected chi connectivity index (χ3v) is 4.65. The van der Waals surface area contributed by atoms with Crippen LogP contribution in [0.3, 0.4) is 0 Å². The van der Waals surface area contributed by atoms with Gasteiger partial charge in [0.2, 0.25) is 0 Å². The zero-order valence-corrected chi connectivity index (χ0v) is 11.8. The number of hydrogen-bond donors (Lipinski definition) is 1. The van der Waals surface area contributed by atoms with Gasteiger partial charge in [0, 0.05) is 27.7 Å². The van der Waals surface area contributed by atoms with Crippen molar-refractivity contribution in [1.29, 1.82) is 0 Å². The summed E-state index contributed by atoms with van der Waals surface area (Å²) in [5.41, 5.74) is 0.799. The fraction of sp³-hybridized carbons (Fsp3) is 0.500. The van der Waals surface area contributed by atoms with Crippen molar-refractivity contribution in [2.24, 2.45) is 0 Å². The van der Waals surface area contributed by atoms with Gasteiger partial charge < -0.3 is 5.11 Å². The SMILES string of the molecule is CN(C)S(=O)(=O)N(C)CC[C@@H](O)c1ccccc1. The zero-order chi connectivity index (χ0) is 13.8. The average Bonchev–Trinajstić information content (AvgIpc) is 2.36. The summed E-state index contributed by atoms with van der Waals surface area (Å²) in [7, 11) is 1.08. The number of rotatable bonds is 6. The first-order chi connectivity index (χ1) is 8.35. The Morgan fingerprint density at radius 2 is 1.72 bits per heavy atom. The van der Waals surface area contributed by atoms with Crippen molar-refractivity contribution < 1.29 is 13.5 Å². The van der Waals surface area contributed by atoms with E-state index in [1.807, 2.05) is 30.3 Å². The molecule has 1 rings (SSSR count). The summed E-state index contributed by atoms with van der Waals surface area (Å²) >= 11 is 0. The van der Waals surface area contributed by atoms with E-state index in [9.17, 15) is 13.5 Å². The third kappa shape index (κ3) is 3.78. The molecular formula is C12H20N2O3S. The van der Waals surface area contributed by atoms with Crippen LogP contribution in [0.15, 0.2) is 30.3 Å². The molecule has 0 aromatic heterocycles. The van der Waals surface area contributed by atoms with E-state index in [-0.39, 0.29) is 6.54 Å². The molecule has 1 aromatic rings. The van der Waals surface area contributed by atoms with E-state index in [0.717, 1.165) is 9.87 Å². The van der Waals surface area contributed by atoms with Crippen molar-refractivity contribution in [3.63, 3.8) is 0 Å². The van der Waals surface area contributed by atoms with Gasteiger partial charge in [0.05, 0.1) is 6.10 Å². The molecule has 6 heteroatoms. The molecule has 5 nitrogen and oxygen atoms in total. The highest BCUT2D eigenvalue weighted by Gasteiger charge is 2.21. The van der Waals surface area contributed by atoms with Crippen LogP contribution in [0.5, 0.6) is 0 Å². The second-order valence-electron chi connectivity index (χ2n) is 4.33. The summed E-state index contributed by atoms with van der Waals surface area (Å²) in [5, 5.41) is 9.94. The van der Waals surface area contributed by atoms with E-state index in [4.69, 9.17) is 0 Å². The maximum Gasteiger partial charge on any atom is 0.281 e. The van der Waals surface area contributed by atoms with Crippen LogP contribution < -0.4 is 0 Å². The van der Waals surface area contributed by atoms with Gasteiger partial charge in [0.15, 0.2) is 0 Å². The molecule has 0 fully saturated rings. The van der Waals surface area contributed by atoms with Crippen molar-refractivity contribution in [1.82, 2.24) is 8.61 Å². The van der Waals surface area contributed by atoms with Gasteiger partial charge in [-0.15, -0.1) is 0 Å². The van der Waals surface area contributed by atoms with Crippen molar-refractivity contribution in [2.45, 2.75) is 12.5 Å². The van der Waals surface area contributed by atoms with Crippen LogP contribution in [0.25, 0.3) is 0 Å². The highest BCUT2D eigenvalue weighted by atomic mass is 32.2. The fourth-order valence-corrected chi connectivity index (χ4v) is 2.43. The zero-order valence-electron chi connectivity index (χ0n) is 10.9. The summed E-state index contributed by atoms with van der Waals surface area (Å²) in [4.78, 5) is 0. The minimum absolute atomic E-state index is 0.274. The topological polar surface area (TPSA) is 60.9 Å². The first-order valence-corrected chi connectivity index (χ1v) is 7.12. The van der Waals surface area contributed by atoms with Gasteiger partial charge in [-0.25, -0.2) is 0 Å². The second kappa shape index (κ2) is 6.29. The molecule has 18 heavy (non-hydrogen) atoms. The van der Waals surface area contributed by atoms with Crippen LogP contribution in [-0.2, 0) is 10.2 Å². The molecule has 0 unspecified atom stereocenters. The molecule has 0 bridgehead atoms. The highest BCUT2D eigenvalue weighted by Crippen LogP contribution is 2.17. The largest absolute Gasteiger partial charge is 0.388 e. The number of benzene rings is 1. The summed E-state index contributed by atoms with van der Waals surface area (Å²) in [6, 6.07) is 9.22. The molecule has 0 radical (unpaired) electrons. The standard InChI is InChI=1S/C12H20N2O3S/c1-13(2)18(16,17)14(3)10-9-12(15)11-7-5-4-6-8-11/h4-8,12,15H,9-10H2,1-3H3/t12-/m1/s1. The van der Waals surface area contributed by atoms with E-state index in [0.29, 0.717) is 6.42 Å². The molecule has 0 spiro atoms. The molecule has 102 valence electrons. The first kappa shape index (κ1) is 15.1. The minimum Gasteiger partial charge on any atom is -0.388 e. The molecule has 0 amide bonds. The Labute approximate surface area is 109 Å². The van der Waals surface area contributed by atoms with Crippen molar-refractivity contribution >= 4 is 10.2 Å². The lowest BCUT2D eigenvalue weighted by molar-refractivity contribution is 0.160. The normalized spacial score (nSPS) is 14.1. The molecule has 0 aliphatic carbocycles.